The molecule has 0 N–H and O–H groups in total. The van der Waals surface area contributed by atoms with E-state index in [4.69, 9.17) is 10.00 Å². The van der Waals surface area contributed by atoms with E-state index in [2.05, 4.69) is 18.0 Å². The molecular weight excluding hydrogens is 236 g/mol. The molecule has 19 heavy (non-hydrogen) atoms. The van der Waals surface area contributed by atoms with Crippen LogP contribution in [0.5, 0.6) is 0 Å². The van der Waals surface area contributed by atoms with Gasteiger partial charge in [-0.3, -0.25) is 0 Å². The summed E-state index contributed by atoms with van der Waals surface area (Å²) in [5.74, 6) is 1.39. The highest BCUT2D eigenvalue weighted by Crippen LogP contribution is 2.38. The molecule has 3 heteroatoms. The minimum absolute atomic E-state index is 0.418. The van der Waals surface area contributed by atoms with Crippen LogP contribution in [0.4, 0.5) is 0 Å². The normalized spacial score (nSPS) is 30.2. The van der Waals surface area contributed by atoms with Gasteiger partial charge in [0.15, 0.2) is 0 Å². The highest BCUT2D eigenvalue weighted by atomic mass is 16.5. The minimum Gasteiger partial charge on any atom is -0.373 e. The quantitative estimate of drug-likeness (QED) is 0.833. The topological polar surface area (TPSA) is 36.3 Å². The van der Waals surface area contributed by atoms with Gasteiger partial charge in [-0.2, -0.15) is 5.26 Å². The van der Waals surface area contributed by atoms with E-state index >= 15 is 0 Å². The molecule has 2 fully saturated rings. The van der Waals surface area contributed by atoms with Crippen molar-refractivity contribution in [1.82, 2.24) is 4.90 Å². The molecule has 0 amide bonds. The van der Waals surface area contributed by atoms with E-state index < -0.39 is 0 Å². The van der Waals surface area contributed by atoms with Gasteiger partial charge in [0.2, 0.25) is 0 Å². The molecule has 1 aromatic carbocycles. The second-order valence-electron chi connectivity index (χ2n) is 5.91. The molecule has 3 rings (SSSR count). The van der Waals surface area contributed by atoms with E-state index in [1.807, 2.05) is 24.3 Å². The van der Waals surface area contributed by atoms with Crippen molar-refractivity contribution >= 4 is 0 Å². The zero-order valence-electron chi connectivity index (χ0n) is 11.4. The van der Waals surface area contributed by atoms with Crippen molar-refractivity contribution in [3.63, 3.8) is 0 Å². The number of nitriles is 1. The highest BCUT2D eigenvalue weighted by Gasteiger charge is 2.41. The van der Waals surface area contributed by atoms with Crippen LogP contribution in [-0.2, 0) is 11.3 Å². The van der Waals surface area contributed by atoms with Crippen molar-refractivity contribution in [3.8, 4) is 6.07 Å². The van der Waals surface area contributed by atoms with E-state index in [1.54, 1.807) is 0 Å². The zero-order valence-corrected chi connectivity index (χ0v) is 11.4. The van der Waals surface area contributed by atoms with Crippen molar-refractivity contribution in [2.45, 2.75) is 25.6 Å². The SMILES string of the molecule is CN1C[C@H]2CC[C@@H](C1)[C@H]2OCc1cccc(C#N)c1. The predicted molar refractivity (Wildman–Crippen MR) is 73.4 cm³/mol. The van der Waals surface area contributed by atoms with Crippen LogP contribution in [0, 0.1) is 23.2 Å². The van der Waals surface area contributed by atoms with E-state index in [9.17, 15) is 0 Å². The van der Waals surface area contributed by atoms with E-state index in [0.717, 1.165) is 5.56 Å². The zero-order chi connectivity index (χ0) is 13.2. The van der Waals surface area contributed by atoms with Crippen LogP contribution in [0.2, 0.25) is 0 Å². The Hall–Kier alpha value is -1.37. The molecule has 1 aromatic rings. The first kappa shape index (κ1) is 12.7. The number of fused-ring (bicyclic) bond motifs is 2. The maximum absolute atomic E-state index is 8.91. The molecular formula is C16H20N2O. The smallest absolute Gasteiger partial charge is 0.0991 e. The Bertz CT molecular complexity index is 480. The van der Waals surface area contributed by atoms with Gasteiger partial charge in [0.05, 0.1) is 24.3 Å². The number of piperidine rings is 1. The van der Waals surface area contributed by atoms with Crippen molar-refractivity contribution in [2.24, 2.45) is 11.8 Å². The Balaban J connectivity index is 1.62. The van der Waals surface area contributed by atoms with Gasteiger partial charge >= 0.3 is 0 Å². The summed E-state index contributed by atoms with van der Waals surface area (Å²) < 4.78 is 6.17. The third-order valence-electron chi connectivity index (χ3n) is 4.43. The average Bonchev–Trinajstić information content (AvgIpc) is 2.67. The molecule has 1 saturated heterocycles. The van der Waals surface area contributed by atoms with E-state index in [1.165, 1.54) is 25.9 Å². The van der Waals surface area contributed by atoms with Crippen LogP contribution in [-0.4, -0.2) is 31.1 Å². The molecule has 2 aliphatic rings. The molecule has 0 spiro atoms. The number of likely N-dealkylation sites (tertiary alicyclic amines) is 1. The third-order valence-corrected chi connectivity index (χ3v) is 4.43. The largest absolute Gasteiger partial charge is 0.373 e. The molecule has 0 unspecified atom stereocenters. The van der Waals surface area contributed by atoms with Gasteiger partial charge in [0, 0.05) is 13.1 Å². The Morgan fingerprint density at radius 2 is 2.05 bits per heavy atom. The Morgan fingerprint density at radius 1 is 1.32 bits per heavy atom. The Kier molecular flexibility index (Phi) is 3.54. The first-order chi connectivity index (χ1) is 9.26. The van der Waals surface area contributed by atoms with Crippen molar-refractivity contribution < 1.29 is 4.74 Å². The fourth-order valence-corrected chi connectivity index (χ4v) is 3.60. The molecule has 1 aliphatic carbocycles. The number of hydrogen-bond acceptors (Lipinski definition) is 3. The minimum atomic E-state index is 0.418. The van der Waals surface area contributed by atoms with Gasteiger partial charge in [-0.25, -0.2) is 0 Å². The lowest BCUT2D eigenvalue weighted by Crippen LogP contribution is -2.43. The first-order valence-corrected chi connectivity index (χ1v) is 7.05. The highest BCUT2D eigenvalue weighted by molar-refractivity contribution is 5.32. The maximum Gasteiger partial charge on any atom is 0.0991 e. The summed E-state index contributed by atoms with van der Waals surface area (Å²) in [4.78, 5) is 2.43. The lowest BCUT2D eigenvalue weighted by atomic mass is 9.95. The van der Waals surface area contributed by atoms with Crippen LogP contribution >= 0.6 is 0 Å². The van der Waals surface area contributed by atoms with Crippen LogP contribution in [0.3, 0.4) is 0 Å². The lowest BCUT2D eigenvalue weighted by Gasteiger charge is -2.35. The fraction of sp³-hybridized carbons (Fsp3) is 0.562. The number of rotatable bonds is 3. The van der Waals surface area contributed by atoms with Crippen molar-refractivity contribution in [1.29, 1.82) is 5.26 Å². The van der Waals surface area contributed by atoms with Crippen LogP contribution in [0.15, 0.2) is 24.3 Å². The number of benzene rings is 1. The lowest BCUT2D eigenvalue weighted by molar-refractivity contribution is -0.0460. The summed E-state index contributed by atoms with van der Waals surface area (Å²) in [5, 5.41) is 8.91. The van der Waals surface area contributed by atoms with Gasteiger partial charge in [-0.05, 0) is 49.4 Å². The van der Waals surface area contributed by atoms with Gasteiger partial charge in [0.25, 0.3) is 0 Å². The molecule has 1 heterocycles. The molecule has 1 saturated carbocycles. The van der Waals surface area contributed by atoms with Gasteiger partial charge < -0.3 is 9.64 Å². The predicted octanol–water partition coefficient (Wildman–Crippen LogP) is 2.42. The summed E-state index contributed by atoms with van der Waals surface area (Å²) in [6, 6.07) is 9.91. The Labute approximate surface area is 114 Å². The number of hydrogen-bond donors (Lipinski definition) is 0. The summed E-state index contributed by atoms with van der Waals surface area (Å²) in [6.07, 6.45) is 3.03. The van der Waals surface area contributed by atoms with Gasteiger partial charge in [-0.15, -0.1) is 0 Å². The van der Waals surface area contributed by atoms with E-state index in [0.29, 0.717) is 30.1 Å². The van der Waals surface area contributed by atoms with Crippen LogP contribution in [0.25, 0.3) is 0 Å². The van der Waals surface area contributed by atoms with Gasteiger partial charge in [-0.1, -0.05) is 12.1 Å². The summed E-state index contributed by atoms with van der Waals surface area (Å²) in [6.45, 7) is 2.97. The molecule has 1 aliphatic heterocycles. The van der Waals surface area contributed by atoms with Gasteiger partial charge in [0.1, 0.15) is 0 Å². The Morgan fingerprint density at radius 3 is 2.74 bits per heavy atom. The second-order valence-corrected chi connectivity index (χ2v) is 5.91. The first-order valence-electron chi connectivity index (χ1n) is 7.05. The standard InChI is InChI=1S/C16H20N2O/c1-18-9-14-5-6-15(10-18)16(14)19-11-13-4-2-3-12(7-13)8-17/h2-4,7,14-16H,5-6,9-11H2,1H3/t14-,15+,16+. The summed E-state index contributed by atoms with van der Waals surface area (Å²) in [7, 11) is 2.21. The molecule has 3 atom stereocenters. The number of ether oxygens (including phenoxy) is 1. The molecule has 2 bridgehead atoms. The number of nitrogens with zero attached hydrogens (tertiary/aromatic N) is 2. The monoisotopic (exact) mass is 256 g/mol. The molecule has 3 nitrogen and oxygen atoms in total. The molecule has 0 radical (unpaired) electrons. The molecule has 0 aromatic heterocycles. The van der Waals surface area contributed by atoms with Crippen molar-refractivity contribution in [3.05, 3.63) is 35.4 Å². The average molecular weight is 256 g/mol. The maximum atomic E-state index is 8.91. The summed E-state index contributed by atoms with van der Waals surface area (Å²) in [5.41, 5.74) is 1.82. The fourth-order valence-electron chi connectivity index (χ4n) is 3.60. The molecule has 100 valence electrons. The third kappa shape index (κ3) is 2.65. The summed E-state index contributed by atoms with van der Waals surface area (Å²) >= 11 is 0. The van der Waals surface area contributed by atoms with Crippen molar-refractivity contribution in [2.75, 3.05) is 20.1 Å². The van der Waals surface area contributed by atoms with E-state index in [-0.39, 0.29) is 0 Å². The van der Waals surface area contributed by atoms with Crippen LogP contribution in [0.1, 0.15) is 24.0 Å². The second kappa shape index (κ2) is 5.32. The van der Waals surface area contributed by atoms with Crippen LogP contribution < -0.4 is 0 Å².